The van der Waals surface area contributed by atoms with Crippen molar-refractivity contribution in [2.75, 3.05) is 9.80 Å². The van der Waals surface area contributed by atoms with Crippen LogP contribution in [0.3, 0.4) is 0 Å². The summed E-state index contributed by atoms with van der Waals surface area (Å²) in [4.78, 5) is 10.3. The second-order valence-corrected chi connectivity index (χ2v) is 37.7. The molecule has 0 unspecified atom stereocenters. The van der Waals surface area contributed by atoms with Gasteiger partial charge in [-0.05, 0) is 189 Å². The summed E-state index contributed by atoms with van der Waals surface area (Å²) in [6.07, 6.45) is 0. The molecule has 9 aromatic carbocycles. The Morgan fingerprint density at radius 2 is 0.638 bits per heavy atom. The van der Waals surface area contributed by atoms with Crippen LogP contribution in [-0.2, 0) is 43.3 Å². The van der Waals surface area contributed by atoms with Gasteiger partial charge in [0.25, 0.3) is 6.71 Å². The Labute approximate surface area is 573 Å². The Kier molecular flexibility index (Phi) is 15.6. The summed E-state index contributed by atoms with van der Waals surface area (Å²) >= 11 is 3.84. The minimum absolute atomic E-state index is 0.00439. The number of fused-ring (bicyclic) bond motifs is 8. The summed E-state index contributed by atoms with van der Waals surface area (Å²) in [5.74, 6) is 3.28. The molecular weight excluding hydrogens is 1180 g/mol. The van der Waals surface area contributed by atoms with Crippen LogP contribution < -0.4 is 52.1 Å². The number of nitrogens with zero attached hydrogens (tertiary/aromatic N) is 2. The van der Waals surface area contributed by atoms with Crippen LogP contribution in [0.5, 0.6) is 23.0 Å². The highest BCUT2D eigenvalue weighted by molar-refractivity contribution is 8.01. The molecule has 0 amide bonds. The molecule has 13 rings (SSSR count). The van der Waals surface area contributed by atoms with Gasteiger partial charge in [0.05, 0.1) is 0 Å². The van der Waals surface area contributed by atoms with Crippen LogP contribution in [0.15, 0.2) is 177 Å². The van der Waals surface area contributed by atoms with Crippen LogP contribution in [0.2, 0.25) is 0 Å². The molecule has 0 saturated heterocycles. The lowest BCUT2D eigenvalue weighted by molar-refractivity contribution is 0.479. The van der Waals surface area contributed by atoms with Crippen molar-refractivity contribution in [1.82, 2.24) is 0 Å². The molecule has 0 atom stereocenters. The largest absolute Gasteiger partial charge is 0.457 e. The molecule has 4 aliphatic rings. The predicted octanol–water partition coefficient (Wildman–Crippen LogP) is 21.2. The first kappa shape index (κ1) is 65.7. The van der Waals surface area contributed by atoms with E-state index < -0.39 is 0 Å². The van der Waals surface area contributed by atoms with Gasteiger partial charge in [-0.25, -0.2) is 0 Å². The summed E-state index contributed by atoms with van der Waals surface area (Å²) in [5, 5.41) is 0. The van der Waals surface area contributed by atoms with Crippen LogP contribution in [0.25, 0.3) is 0 Å². The molecule has 9 aromatic rings. The van der Waals surface area contributed by atoms with E-state index in [-0.39, 0.29) is 56.7 Å². The third-order valence-electron chi connectivity index (χ3n) is 20.0. The lowest BCUT2D eigenvalue weighted by Gasteiger charge is -2.47. The zero-order chi connectivity index (χ0) is 67.7. The van der Waals surface area contributed by atoms with Gasteiger partial charge in [-0.1, -0.05) is 267 Å². The monoisotopic (exact) mass is 1280 g/mol. The first-order chi connectivity index (χ1) is 43.6. The molecular formula is C86H98B2N2O2S2. The number of rotatable bonds is 6. The van der Waals surface area contributed by atoms with Crippen molar-refractivity contribution in [2.45, 2.75) is 229 Å². The summed E-state index contributed by atoms with van der Waals surface area (Å²) in [5.41, 5.74) is 25.0. The van der Waals surface area contributed by atoms with E-state index in [9.17, 15) is 0 Å². The van der Waals surface area contributed by atoms with E-state index in [1.807, 2.05) is 23.5 Å². The first-order valence-corrected chi connectivity index (χ1v) is 35.9. The SMILES string of the molecule is CC(C)(C)c1ccc(Oc2cc3c4c(c2)Sc2ccc(C(C)(C)C)c(C(C)(C)C)c2B4c2cc4c(cc2S3)N(c2ccc(C(C)(C)C)cc2)c2cc(Oc3ccc(C(C)(C)C)cc3)cc3c2B4c2c(ccc(C(C)(C)C)c2C(C)(C)C)N3c2ccc(C(C)(C)C)cc2)cc1. The maximum Gasteiger partial charge on any atom is 0.252 e. The van der Waals surface area contributed by atoms with Crippen LogP contribution in [0, 0.1) is 0 Å². The van der Waals surface area contributed by atoms with E-state index in [4.69, 9.17) is 9.47 Å². The average Bonchev–Trinajstić information content (AvgIpc) is 0.685. The van der Waals surface area contributed by atoms with E-state index in [0.717, 1.165) is 45.7 Å². The lowest BCUT2D eigenvalue weighted by Crippen LogP contribution is -2.65. The molecule has 4 heterocycles. The van der Waals surface area contributed by atoms with Gasteiger partial charge in [-0.2, -0.15) is 0 Å². The molecule has 0 aromatic heterocycles. The first-order valence-electron chi connectivity index (χ1n) is 34.3. The molecule has 482 valence electrons. The topological polar surface area (TPSA) is 24.9 Å². The van der Waals surface area contributed by atoms with Crippen molar-refractivity contribution in [2.24, 2.45) is 0 Å². The predicted molar refractivity (Wildman–Crippen MR) is 409 cm³/mol. The van der Waals surface area contributed by atoms with Crippen molar-refractivity contribution in [1.29, 1.82) is 0 Å². The zero-order valence-electron chi connectivity index (χ0n) is 60.7. The van der Waals surface area contributed by atoms with Crippen molar-refractivity contribution >= 4 is 104 Å². The van der Waals surface area contributed by atoms with Crippen LogP contribution in [0.1, 0.15) is 211 Å². The van der Waals surface area contributed by atoms with E-state index in [2.05, 4.69) is 334 Å². The van der Waals surface area contributed by atoms with Crippen LogP contribution >= 0.6 is 23.5 Å². The Bertz CT molecular complexity index is 4490. The lowest BCUT2D eigenvalue weighted by atomic mass is 9.30. The fraction of sp³-hybridized carbons (Fsp3) is 0.372. The third kappa shape index (κ3) is 11.6. The quantitative estimate of drug-likeness (QED) is 0.154. The van der Waals surface area contributed by atoms with E-state index in [0.29, 0.717) is 0 Å². The summed E-state index contributed by atoms with van der Waals surface area (Å²) in [6.45, 7) is 56.3. The number of hydrogen-bond acceptors (Lipinski definition) is 6. The molecule has 0 spiro atoms. The van der Waals surface area contributed by atoms with E-state index in [1.165, 1.54) is 108 Å². The minimum Gasteiger partial charge on any atom is -0.457 e. The van der Waals surface area contributed by atoms with Gasteiger partial charge in [-0.3, -0.25) is 0 Å². The molecule has 0 bridgehead atoms. The molecule has 8 heteroatoms. The van der Waals surface area contributed by atoms with Gasteiger partial charge < -0.3 is 19.3 Å². The van der Waals surface area contributed by atoms with Crippen LogP contribution in [0.4, 0.5) is 34.1 Å². The molecule has 4 nitrogen and oxygen atoms in total. The number of ether oxygens (including phenoxy) is 2. The van der Waals surface area contributed by atoms with Crippen molar-refractivity contribution in [3.63, 3.8) is 0 Å². The van der Waals surface area contributed by atoms with Crippen molar-refractivity contribution in [3.05, 3.63) is 202 Å². The number of benzene rings is 9. The van der Waals surface area contributed by atoms with Gasteiger partial charge in [0.1, 0.15) is 23.0 Å². The normalized spacial score (nSPS) is 14.6. The molecule has 0 aliphatic carbocycles. The summed E-state index contributed by atoms with van der Waals surface area (Å²) < 4.78 is 14.3. The van der Waals surface area contributed by atoms with Crippen molar-refractivity contribution < 1.29 is 9.47 Å². The summed E-state index contributed by atoms with van der Waals surface area (Å²) in [6, 6.07) is 60.9. The van der Waals surface area contributed by atoms with Gasteiger partial charge in [0, 0.05) is 65.8 Å². The van der Waals surface area contributed by atoms with Crippen molar-refractivity contribution in [3.8, 4) is 23.0 Å². The maximum absolute atomic E-state index is 7.31. The molecule has 4 aliphatic heterocycles. The van der Waals surface area contributed by atoms with Gasteiger partial charge in [0.2, 0.25) is 6.71 Å². The number of anilines is 6. The Hall–Kier alpha value is -6.99. The minimum atomic E-state index is -0.257. The molecule has 94 heavy (non-hydrogen) atoms. The third-order valence-corrected chi connectivity index (χ3v) is 22.2. The highest BCUT2D eigenvalue weighted by atomic mass is 32.2. The zero-order valence-corrected chi connectivity index (χ0v) is 62.3. The molecule has 0 N–H and O–H groups in total. The van der Waals surface area contributed by atoms with E-state index >= 15 is 0 Å². The standard InChI is InChI=1S/C86H98B2N2O2S2/c1-79(2,3)51-25-33-55(34-26-51)89-65-43-41-61(83(13,14)15)73(85(19,20)21)76(65)87-63-49-64-70(50-66(63)90(56-35-27-52(28-36-56)80(4,5)6)68-46-59(45-67(89)75(68)87)91-57-37-29-53(30-38-57)81(7,8)9)94-72-48-60(92-58-39-31-54(32-40-58)82(10,11)12)47-71-77(72)88(64)78-69(93-71)44-42-62(84(16,17)18)74(78)86(22,23)24/h25-50H,1-24H3. The van der Waals surface area contributed by atoms with Gasteiger partial charge >= 0.3 is 0 Å². The smallest absolute Gasteiger partial charge is 0.252 e. The van der Waals surface area contributed by atoms with E-state index in [1.54, 1.807) is 0 Å². The second kappa shape index (κ2) is 22.3. The fourth-order valence-corrected chi connectivity index (χ4v) is 17.7. The Morgan fingerprint density at radius 1 is 0.266 bits per heavy atom. The average molecular weight is 1280 g/mol. The fourth-order valence-electron chi connectivity index (χ4n) is 15.2. The maximum atomic E-state index is 7.31. The summed E-state index contributed by atoms with van der Waals surface area (Å²) in [7, 11) is 0. The highest BCUT2D eigenvalue weighted by Crippen LogP contribution is 2.52. The van der Waals surface area contributed by atoms with Gasteiger partial charge in [0.15, 0.2) is 0 Å². The number of hydrogen-bond donors (Lipinski definition) is 0. The highest BCUT2D eigenvalue weighted by Gasteiger charge is 2.50. The van der Waals surface area contributed by atoms with Gasteiger partial charge in [-0.15, -0.1) is 0 Å². The molecule has 0 radical (unpaired) electrons. The van der Waals surface area contributed by atoms with Crippen LogP contribution in [-0.4, -0.2) is 13.4 Å². The Balaban J connectivity index is 1.15. The Morgan fingerprint density at radius 3 is 1.05 bits per heavy atom. The molecule has 0 saturated carbocycles. The molecule has 0 fully saturated rings. The second-order valence-electron chi connectivity index (χ2n) is 35.6.